The van der Waals surface area contributed by atoms with Crippen LogP contribution < -0.4 is 36.3 Å². The first kappa shape index (κ1) is 21.6. The van der Waals surface area contributed by atoms with Gasteiger partial charge in [0, 0.05) is 12.1 Å². The molecular weight excluding hydrogens is 437 g/mol. The Bertz CT molecular complexity index is 277. The van der Waals surface area contributed by atoms with Gasteiger partial charge >= 0.3 is 21.1 Å². The Morgan fingerprint density at radius 3 is 1.94 bits per heavy atom. The SMILES string of the molecule is NC(CO)C(N)c1ccc(F)cc1.[Cl-].[Cl-].[Pt+2]. The van der Waals surface area contributed by atoms with Gasteiger partial charge in [-0.2, -0.15) is 0 Å². The molecule has 0 fully saturated rings. The van der Waals surface area contributed by atoms with Gasteiger partial charge in [0.05, 0.1) is 6.61 Å². The van der Waals surface area contributed by atoms with Crippen molar-refractivity contribution in [3.8, 4) is 0 Å². The standard InChI is InChI=1S/C9H13FN2O.2ClH.Pt/c10-7-3-1-6(2-4-7)9(12)8(11)5-13;;;/h1-4,8-9,13H,5,11-12H2;2*1H;/q;;;+2/p-2. The van der Waals surface area contributed by atoms with Crippen molar-refractivity contribution >= 4 is 0 Å². The van der Waals surface area contributed by atoms with E-state index in [0.717, 1.165) is 5.56 Å². The summed E-state index contributed by atoms with van der Waals surface area (Å²) >= 11 is 0. The van der Waals surface area contributed by atoms with Gasteiger partial charge in [0.25, 0.3) is 0 Å². The molecule has 0 aliphatic heterocycles. The molecule has 0 saturated carbocycles. The number of rotatable bonds is 3. The molecule has 1 rings (SSSR count). The molecule has 0 radical (unpaired) electrons. The summed E-state index contributed by atoms with van der Waals surface area (Å²) in [5, 5.41) is 8.74. The van der Waals surface area contributed by atoms with E-state index < -0.39 is 12.1 Å². The van der Waals surface area contributed by atoms with Gasteiger partial charge in [-0.3, -0.25) is 0 Å². The first-order valence-corrected chi connectivity index (χ1v) is 4.02. The van der Waals surface area contributed by atoms with Crippen LogP contribution in [0.5, 0.6) is 0 Å². The predicted octanol–water partition coefficient (Wildman–Crippen LogP) is -5.85. The van der Waals surface area contributed by atoms with Crippen LogP contribution >= 0.6 is 0 Å². The average Bonchev–Trinajstić information content (AvgIpc) is 2.17. The molecule has 7 heteroatoms. The predicted molar refractivity (Wildman–Crippen MR) is 48.4 cm³/mol. The van der Waals surface area contributed by atoms with Crippen LogP contribution in [-0.2, 0) is 21.1 Å². The van der Waals surface area contributed by atoms with Crippen LogP contribution in [0.15, 0.2) is 24.3 Å². The third-order valence-electron chi connectivity index (χ3n) is 1.93. The molecular formula is C9H13Cl2FN2OPt. The number of benzene rings is 1. The van der Waals surface area contributed by atoms with Gasteiger partial charge in [-0.05, 0) is 17.7 Å². The van der Waals surface area contributed by atoms with Crippen LogP contribution in [0.2, 0.25) is 0 Å². The minimum absolute atomic E-state index is 0. The largest absolute Gasteiger partial charge is 2.00 e. The second kappa shape index (κ2) is 10.5. The molecule has 0 amide bonds. The van der Waals surface area contributed by atoms with E-state index in [1.807, 2.05) is 0 Å². The van der Waals surface area contributed by atoms with Gasteiger partial charge in [0.15, 0.2) is 0 Å². The van der Waals surface area contributed by atoms with Crippen LogP contribution in [-0.4, -0.2) is 17.8 Å². The maximum absolute atomic E-state index is 12.5. The third-order valence-corrected chi connectivity index (χ3v) is 1.93. The summed E-state index contributed by atoms with van der Waals surface area (Å²) < 4.78 is 12.5. The minimum Gasteiger partial charge on any atom is -1.00 e. The molecule has 2 unspecified atom stereocenters. The molecule has 1 aromatic carbocycles. The maximum Gasteiger partial charge on any atom is 2.00 e. The van der Waals surface area contributed by atoms with Crippen LogP contribution in [0.25, 0.3) is 0 Å². The Balaban J connectivity index is -0.000000563. The smallest absolute Gasteiger partial charge is 1.00 e. The molecule has 1 aromatic rings. The zero-order chi connectivity index (χ0) is 9.84. The Hall–Kier alpha value is 0.298. The summed E-state index contributed by atoms with van der Waals surface area (Å²) in [6.45, 7) is -0.182. The molecule has 0 aliphatic rings. The minimum atomic E-state index is -0.509. The molecule has 0 aliphatic carbocycles. The second-order valence-electron chi connectivity index (χ2n) is 2.92. The van der Waals surface area contributed by atoms with Gasteiger partial charge in [0.1, 0.15) is 5.82 Å². The molecule has 2 atom stereocenters. The van der Waals surface area contributed by atoms with Crippen molar-refractivity contribution < 1.29 is 55.4 Å². The van der Waals surface area contributed by atoms with Crippen molar-refractivity contribution in [1.82, 2.24) is 0 Å². The molecule has 0 bridgehead atoms. The number of hydrogen-bond acceptors (Lipinski definition) is 3. The molecule has 5 N–H and O–H groups in total. The Morgan fingerprint density at radius 2 is 1.56 bits per heavy atom. The number of halogens is 3. The summed E-state index contributed by atoms with van der Waals surface area (Å²) in [5.41, 5.74) is 11.9. The summed E-state index contributed by atoms with van der Waals surface area (Å²) in [6.07, 6.45) is 0. The number of aliphatic hydroxyl groups is 1. The molecule has 3 nitrogen and oxygen atoms in total. The van der Waals surface area contributed by atoms with E-state index >= 15 is 0 Å². The Morgan fingerprint density at radius 1 is 1.12 bits per heavy atom. The second-order valence-corrected chi connectivity index (χ2v) is 2.92. The van der Waals surface area contributed by atoms with Gasteiger partial charge in [-0.25, -0.2) is 4.39 Å². The molecule has 0 spiro atoms. The average molecular weight is 450 g/mol. The normalized spacial score (nSPS) is 12.5. The number of aliphatic hydroxyl groups excluding tert-OH is 1. The molecule has 16 heavy (non-hydrogen) atoms. The zero-order valence-corrected chi connectivity index (χ0v) is 12.0. The van der Waals surface area contributed by atoms with Crippen LogP contribution in [0.4, 0.5) is 4.39 Å². The summed E-state index contributed by atoms with van der Waals surface area (Å²) in [5.74, 6) is -0.312. The summed E-state index contributed by atoms with van der Waals surface area (Å²) in [7, 11) is 0. The van der Waals surface area contributed by atoms with Crippen molar-refractivity contribution in [1.29, 1.82) is 0 Å². The first-order valence-electron chi connectivity index (χ1n) is 4.02. The molecule has 0 heterocycles. The van der Waals surface area contributed by atoms with Crippen molar-refractivity contribution in [2.45, 2.75) is 12.1 Å². The van der Waals surface area contributed by atoms with E-state index in [4.69, 9.17) is 16.6 Å². The van der Waals surface area contributed by atoms with E-state index in [9.17, 15) is 4.39 Å². The van der Waals surface area contributed by atoms with E-state index in [1.165, 1.54) is 12.1 Å². The van der Waals surface area contributed by atoms with Crippen molar-refractivity contribution in [2.24, 2.45) is 11.5 Å². The van der Waals surface area contributed by atoms with Crippen molar-refractivity contribution in [3.05, 3.63) is 35.6 Å². The van der Waals surface area contributed by atoms with E-state index in [1.54, 1.807) is 12.1 Å². The fourth-order valence-corrected chi connectivity index (χ4v) is 1.05. The van der Waals surface area contributed by atoms with Gasteiger partial charge < -0.3 is 41.4 Å². The topological polar surface area (TPSA) is 72.3 Å². The number of nitrogens with two attached hydrogens (primary N) is 2. The quantitative estimate of drug-likeness (QED) is 0.430. The molecule has 0 aromatic heterocycles. The monoisotopic (exact) mass is 449 g/mol. The number of hydrogen-bond donors (Lipinski definition) is 3. The van der Waals surface area contributed by atoms with Crippen LogP contribution in [0.3, 0.4) is 0 Å². The summed E-state index contributed by atoms with van der Waals surface area (Å²) in [6, 6.07) is 4.81. The van der Waals surface area contributed by atoms with E-state index in [2.05, 4.69) is 0 Å². The van der Waals surface area contributed by atoms with Crippen molar-refractivity contribution in [2.75, 3.05) is 6.61 Å². The molecule has 96 valence electrons. The van der Waals surface area contributed by atoms with Crippen LogP contribution in [0.1, 0.15) is 11.6 Å². The fourth-order valence-electron chi connectivity index (χ4n) is 1.05. The first-order chi connectivity index (χ1) is 6.15. The van der Waals surface area contributed by atoms with E-state index in [-0.39, 0.29) is 58.3 Å². The fraction of sp³-hybridized carbons (Fsp3) is 0.333. The Labute approximate surface area is 121 Å². The van der Waals surface area contributed by atoms with Gasteiger partial charge in [-0.1, -0.05) is 12.1 Å². The zero-order valence-electron chi connectivity index (χ0n) is 8.22. The molecule has 0 saturated heterocycles. The van der Waals surface area contributed by atoms with Gasteiger partial charge in [0.2, 0.25) is 0 Å². The van der Waals surface area contributed by atoms with Gasteiger partial charge in [-0.15, -0.1) is 0 Å². The van der Waals surface area contributed by atoms with Crippen molar-refractivity contribution in [3.63, 3.8) is 0 Å². The summed E-state index contributed by atoms with van der Waals surface area (Å²) in [4.78, 5) is 0. The maximum atomic E-state index is 12.5. The third kappa shape index (κ3) is 6.14. The Kier molecular flexibility index (Phi) is 14.1. The van der Waals surface area contributed by atoms with Crippen LogP contribution in [0, 0.1) is 5.82 Å². The van der Waals surface area contributed by atoms with E-state index in [0.29, 0.717) is 0 Å².